The lowest BCUT2D eigenvalue weighted by molar-refractivity contribution is 0.0410. The second-order valence-corrected chi connectivity index (χ2v) is 7.82. The summed E-state index contributed by atoms with van der Waals surface area (Å²) in [5, 5.41) is 9.65. The summed E-state index contributed by atoms with van der Waals surface area (Å²) in [4.78, 5) is 18.5. The largest absolute Gasteiger partial charge is 0.508 e. The van der Waals surface area contributed by atoms with E-state index in [-0.39, 0.29) is 17.4 Å². The number of hydrogen-bond acceptors (Lipinski definition) is 5. The molecule has 2 aromatic carbocycles. The van der Waals surface area contributed by atoms with Gasteiger partial charge in [0.05, 0.1) is 10.6 Å². The summed E-state index contributed by atoms with van der Waals surface area (Å²) in [6, 6.07) is 14.6. The van der Waals surface area contributed by atoms with E-state index in [4.69, 9.17) is 9.73 Å². The third-order valence-corrected chi connectivity index (χ3v) is 5.81. The molecule has 2 aliphatic rings. The Balaban J connectivity index is 1.76. The maximum Gasteiger partial charge on any atom is 0.270 e. The summed E-state index contributed by atoms with van der Waals surface area (Å²) in [6.07, 6.45) is 2.44. The number of para-hydroxylation sites is 1. The molecule has 0 unspecified atom stereocenters. The lowest BCUT2D eigenvalue weighted by Gasteiger charge is -2.39. The molecule has 1 aromatic heterocycles. The number of fused-ring (bicyclic) bond motifs is 6. The van der Waals surface area contributed by atoms with E-state index in [0.717, 1.165) is 16.9 Å². The van der Waals surface area contributed by atoms with Crippen molar-refractivity contribution >= 4 is 17.4 Å². The van der Waals surface area contributed by atoms with Gasteiger partial charge in [-0.05, 0) is 36.8 Å². The van der Waals surface area contributed by atoms with Gasteiger partial charge in [0.15, 0.2) is 4.80 Å². The maximum atomic E-state index is 13.1. The highest BCUT2D eigenvalue weighted by Crippen LogP contribution is 2.42. The monoisotopic (exact) mass is 364 g/mol. The van der Waals surface area contributed by atoms with Crippen LogP contribution in [-0.4, -0.2) is 15.4 Å². The molecule has 0 saturated carbocycles. The zero-order valence-electron chi connectivity index (χ0n) is 14.0. The van der Waals surface area contributed by atoms with Crippen molar-refractivity contribution in [1.82, 2.24) is 4.57 Å². The van der Waals surface area contributed by atoms with Gasteiger partial charge in [-0.25, -0.2) is 4.99 Å². The van der Waals surface area contributed by atoms with E-state index in [1.807, 2.05) is 37.3 Å². The summed E-state index contributed by atoms with van der Waals surface area (Å²) in [7, 11) is 0. The van der Waals surface area contributed by atoms with Crippen molar-refractivity contribution in [3.05, 3.63) is 79.3 Å². The van der Waals surface area contributed by atoms with Crippen molar-refractivity contribution in [3.8, 4) is 11.5 Å². The average molecular weight is 364 g/mol. The number of benzene rings is 2. The van der Waals surface area contributed by atoms with Crippen molar-refractivity contribution in [2.24, 2.45) is 4.99 Å². The van der Waals surface area contributed by atoms with Crippen LogP contribution in [0.15, 0.2) is 58.3 Å². The minimum Gasteiger partial charge on any atom is -0.508 e. The van der Waals surface area contributed by atoms with E-state index in [1.165, 1.54) is 11.3 Å². The van der Waals surface area contributed by atoms with Crippen molar-refractivity contribution in [2.75, 3.05) is 0 Å². The number of phenols is 1. The van der Waals surface area contributed by atoms with Gasteiger partial charge < -0.3 is 9.84 Å². The molecule has 0 aliphatic carbocycles. The van der Waals surface area contributed by atoms with Gasteiger partial charge in [-0.1, -0.05) is 41.7 Å². The quantitative estimate of drug-likeness (QED) is 0.720. The SMILES string of the molecule is C[C@@]12C[C@@H](c3ccccc3O1)n1c(s/c(=C\c3cccc(O)c3)c1=O)=N2. The van der Waals surface area contributed by atoms with E-state index in [2.05, 4.69) is 0 Å². The number of aromatic nitrogens is 1. The van der Waals surface area contributed by atoms with Crippen molar-refractivity contribution in [1.29, 1.82) is 0 Å². The minimum absolute atomic E-state index is 0.0548. The number of nitrogens with zero attached hydrogens (tertiary/aromatic N) is 2. The molecule has 26 heavy (non-hydrogen) atoms. The molecule has 2 atom stereocenters. The van der Waals surface area contributed by atoms with E-state index in [1.54, 1.807) is 28.8 Å². The molecule has 1 N–H and O–H groups in total. The molecule has 0 amide bonds. The molecule has 6 heteroatoms. The average Bonchev–Trinajstić information content (AvgIpc) is 2.89. The zero-order chi connectivity index (χ0) is 17.9. The number of phenolic OH excluding ortho intramolecular Hbond substituents is 1. The first-order chi connectivity index (χ1) is 12.5. The number of thiazole rings is 1. The van der Waals surface area contributed by atoms with E-state index in [0.29, 0.717) is 15.8 Å². The molecule has 130 valence electrons. The van der Waals surface area contributed by atoms with Gasteiger partial charge in [0.25, 0.3) is 5.56 Å². The Kier molecular flexibility index (Phi) is 3.15. The first kappa shape index (κ1) is 15.4. The van der Waals surface area contributed by atoms with E-state index >= 15 is 0 Å². The number of rotatable bonds is 1. The van der Waals surface area contributed by atoms with Crippen LogP contribution in [0.2, 0.25) is 0 Å². The second-order valence-electron chi connectivity index (χ2n) is 6.81. The summed E-state index contributed by atoms with van der Waals surface area (Å²) in [5.74, 6) is 0.966. The van der Waals surface area contributed by atoms with Crippen molar-refractivity contribution < 1.29 is 9.84 Å². The lowest BCUT2D eigenvalue weighted by Crippen LogP contribution is -2.49. The Bertz CT molecular complexity index is 1210. The van der Waals surface area contributed by atoms with Crippen LogP contribution >= 0.6 is 11.3 Å². The molecule has 2 bridgehead atoms. The lowest BCUT2D eigenvalue weighted by atomic mass is 9.93. The highest BCUT2D eigenvalue weighted by Gasteiger charge is 2.42. The third-order valence-electron chi connectivity index (χ3n) is 4.83. The molecule has 5 nitrogen and oxygen atoms in total. The van der Waals surface area contributed by atoms with Crippen LogP contribution in [0.5, 0.6) is 11.5 Å². The number of hydrogen-bond donors (Lipinski definition) is 1. The number of ether oxygens (including phenoxy) is 1. The predicted molar refractivity (Wildman–Crippen MR) is 99.3 cm³/mol. The fourth-order valence-electron chi connectivity index (χ4n) is 3.70. The second kappa shape index (κ2) is 5.32. The van der Waals surface area contributed by atoms with E-state index < -0.39 is 5.72 Å². The van der Waals surface area contributed by atoms with Gasteiger partial charge in [-0.15, -0.1) is 0 Å². The third kappa shape index (κ3) is 2.29. The molecule has 0 radical (unpaired) electrons. The Morgan fingerprint density at radius 3 is 3.00 bits per heavy atom. The fourth-order valence-corrected chi connectivity index (χ4v) is 4.83. The van der Waals surface area contributed by atoms with Crippen LogP contribution in [0, 0.1) is 0 Å². The van der Waals surface area contributed by atoms with Crippen molar-refractivity contribution in [2.45, 2.75) is 25.1 Å². The van der Waals surface area contributed by atoms with Crippen LogP contribution in [0.25, 0.3) is 6.08 Å². The minimum atomic E-state index is -0.654. The summed E-state index contributed by atoms with van der Waals surface area (Å²) in [6.45, 7) is 1.96. The Morgan fingerprint density at radius 1 is 1.31 bits per heavy atom. The first-order valence-electron chi connectivity index (χ1n) is 8.42. The normalized spacial score (nSPS) is 23.6. The standard InChI is InChI=1S/C20H16N2O3S/c1-20-11-15(14-7-2-3-8-16(14)25-20)22-18(24)17(26-19(22)21-20)10-12-5-4-6-13(23)9-12/h2-10,15,23H,11H2,1H3/b17-10-/t15-,20-/m0/s1. The first-order valence-corrected chi connectivity index (χ1v) is 9.24. The van der Waals surface area contributed by atoms with Gasteiger partial charge in [-0.2, -0.15) is 0 Å². The van der Waals surface area contributed by atoms with Gasteiger partial charge in [-0.3, -0.25) is 9.36 Å². The highest BCUT2D eigenvalue weighted by atomic mass is 32.1. The Hall–Kier alpha value is -2.86. The summed E-state index contributed by atoms with van der Waals surface area (Å²) < 4.78 is 8.49. The maximum absolute atomic E-state index is 13.1. The Morgan fingerprint density at radius 2 is 2.15 bits per heavy atom. The van der Waals surface area contributed by atoms with Gasteiger partial charge in [0.1, 0.15) is 11.5 Å². The summed E-state index contributed by atoms with van der Waals surface area (Å²) >= 11 is 1.36. The fraction of sp³-hybridized carbons (Fsp3) is 0.200. The smallest absolute Gasteiger partial charge is 0.270 e. The molecule has 5 rings (SSSR count). The molecule has 3 aromatic rings. The number of aromatic hydroxyl groups is 1. The molecular formula is C20H16N2O3S. The highest BCUT2D eigenvalue weighted by molar-refractivity contribution is 7.07. The molecule has 2 aliphatic heterocycles. The predicted octanol–water partition coefficient (Wildman–Crippen LogP) is 2.17. The molecule has 0 fully saturated rings. The van der Waals surface area contributed by atoms with Crippen LogP contribution < -0.4 is 19.6 Å². The topological polar surface area (TPSA) is 63.8 Å². The van der Waals surface area contributed by atoms with Gasteiger partial charge >= 0.3 is 0 Å². The Labute approximate surface area is 153 Å². The molecule has 0 spiro atoms. The van der Waals surface area contributed by atoms with Gasteiger partial charge in [0.2, 0.25) is 5.72 Å². The van der Waals surface area contributed by atoms with Crippen LogP contribution in [-0.2, 0) is 0 Å². The summed E-state index contributed by atoms with van der Waals surface area (Å²) in [5.41, 5.74) is 1.09. The van der Waals surface area contributed by atoms with Crippen LogP contribution in [0.3, 0.4) is 0 Å². The van der Waals surface area contributed by atoms with Crippen molar-refractivity contribution in [3.63, 3.8) is 0 Å². The molecule has 3 heterocycles. The zero-order valence-corrected chi connectivity index (χ0v) is 14.9. The molecular weight excluding hydrogens is 348 g/mol. The van der Waals surface area contributed by atoms with E-state index in [9.17, 15) is 9.90 Å². The van der Waals surface area contributed by atoms with Crippen LogP contribution in [0.1, 0.15) is 30.5 Å². The van der Waals surface area contributed by atoms with Crippen LogP contribution in [0.4, 0.5) is 0 Å². The van der Waals surface area contributed by atoms with Gasteiger partial charge in [0, 0.05) is 12.0 Å². The molecule has 0 saturated heterocycles.